The molecule has 2 aromatic rings. The zero-order valence-electron chi connectivity index (χ0n) is 16.0. The number of ketones is 1. The van der Waals surface area contributed by atoms with E-state index in [9.17, 15) is 18.0 Å². The van der Waals surface area contributed by atoms with Gasteiger partial charge in [0.15, 0.2) is 0 Å². The number of aryl methyl sites for hydroxylation is 1. The Morgan fingerprint density at radius 1 is 1.25 bits per heavy atom. The number of alkyl halides is 3. The van der Waals surface area contributed by atoms with Crippen LogP contribution in [0.2, 0.25) is 0 Å². The number of nitrogens with zero attached hydrogens (tertiary/aromatic N) is 3. The van der Waals surface area contributed by atoms with Gasteiger partial charge in [-0.2, -0.15) is 18.3 Å². The first-order chi connectivity index (χ1) is 13.2. The van der Waals surface area contributed by atoms with Crippen molar-refractivity contribution in [1.82, 2.24) is 15.1 Å². The highest BCUT2D eigenvalue weighted by Crippen LogP contribution is 2.37. The number of aromatic nitrogens is 2. The number of piperidine rings is 1. The summed E-state index contributed by atoms with van der Waals surface area (Å²) in [5, 5.41) is 8.44. The molecule has 0 radical (unpaired) electrons. The van der Waals surface area contributed by atoms with Gasteiger partial charge in [-0.05, 0) is 43.8 Å². The number of halogens is 3. The zero-order valence-corrected chi connectivity index (χ0v) is 16.0. The van der Waals surface area contributed by atoms with Crippen molar-refractivity contribution in [2.75, 3.05) is 27.2 Å². The predicted molar refractivity (Wildman–Crippen MR) is 98.1 cm³/mol. The van der Waals surface area contributed by atoms with Gasteiger partial charge < -0.3 is 9.64 Å². The molecule has 2 heterocycles. The van der Waals surface area contributed by atoms with Gasteiger partial charge in [0.2, 0.25) is 0 Å². The molecule has 1 aromatic heterocycles. The summed E-state index contributed by atoms with van der Waals surface area (Å²) in [6.07, 6.45) is -3.41. The van der Waals surface area contributed by atoms with Gasteiger partial charge in [0, 0.05) is 37.4 Å². The highest BCUT2D eigenvalue weighted by Gasteiger charge is 2.32. The first kappa shape index (κ1) is 20.3. The molecule has 0 saturated carbocycles. The van der Waals surface area contributed by atoms with Gasteiger partial charge >= 0.3 is 6.18 Å². The molecule has 0 amide bonds. The number of hydrogen-bond acceptors (Lipinski definition) is 5. The van der Waals surface area contributed by atoms with Crippen molar-refractivity contribution in [3.05, 3.63) is 41.1 Å². The molecule has 1 fully saturated rings. The smallest absolute Gasteiger partial charge is 0.416 e. The molecule has 0 aliphatic carbocycles. The van der Waals surface area contributed by atoms with Crippen molar-refractivity contribution in [1.29, 1.82) is 0 Å². The Bertz CT molecular complexity index is 883. The van der Waals surface area contributed by atoms with E-state index < -0.39 is 11.7 Å². The van der Waals surface area contributed by atoms with Crippen LogP contribution in [0.15, 0.2) is 24.3 Å². The van der Waals surface area contributed by atoms with Crippen LogP contribution in [0.25, 0.3) is 11.3 Å². The Morgan fingerprint density at radius 3 is 2.64 bits per heavy atom. The molecule has 0 spiro atoms. The molecule has 1 aromatic carbocycles. The van der Waals surface area contributed by atoms with Gasteiger partial charge in [-0.15, -0.1) is 5.10 Å². The summed E-state index contributed by atoms with van der Waals surface area (Å²) in [6, 6.07) is 5.14. The van der Waals surface area contributed by atoms with Gasteiger partial charge in [-0.3, -0.25) is 4.79 Å². The first-order valence-electron chi connectivity index (χ1n) is 8.99. The van der Waals surface area contributed by atoms with E-state index in [0.717, 1.165) is 24.2 Å². The van der Waals surface area contributed by atoms with E-state index in [4.69, 9.17) is 4.74 Å². The summed E-state index contributed by atoms with van der Waals surface area (Å²) < 4.78 is 44.0. The van der Waals surface area contributed by atoms with Crippen molar-refractivity contribution in [3.63, 3.8) is 0 Å². The van der Waals surface area contributed by atoms with Gasteiger partial charge in [-0.25, -0.2) is 0 Å². The SMILES string of the molecule is COc1cc(C(F)(F)F)ccc1-c1nnc(CC2CN(C)CCC2=O)cc1C. The number of carbonyl (C=O) groups excluding carboxylic acids is 1. The second-order valence-corrected chi connectivity index (χ2v) is 7.16. The van der Waals surface area contributed by atoms with Gasteiger partial charge in [0.1, 0.15) is 11.5 Å². The summed E-state index contributed by atoms with van der Waals surface area (Å²) in [4.78, 5) is 14.2. The molecule has 1 aliphatic rings. The molecule has 150 valence electrons. The number of carbonyl (C=O) groups is 1. The van der Waals surface area contributed by atoms with Crippen LogP contribution in [0.3, 0.4) is 0 Å². The molecule has 8 heteroatoms. The standard InChI is InChI=1S/C20H22F3N3O2/c1-12-8-15(9-13-11-26(2)7-6-17(13)27)24-25-19(12)16-5-4-14(20(21,22)23)10-18(16)28-3/h4-5,8,10,13H,6-7,9,11H2,1-3H3. The van der Waals surface area contributed by atoms with Crippen LogP contribution in [0.5, 0.6) is 5.75 Å². The fourth-order valence-corrected chi connectivity index (χ4v) is 3.47. The fraction of sp³-hybridized carbons (Fsp3) is 0.450. The maximum absolute atomic E-state index is 12.9. The molecule has 5 nitrogen and oxygen atoms in total. The molecular formula is C20H22F3N3O2. The Labute approximate surface area is 161 Å². The van der Waals surface area contributed by atoms with E-state index in [-0.39, 0.29) is 17.5 Å². The Morgan fingerprint density at radius 2 is 2.00 bits per heavy atom. The summed E-state index contributed by atoms with van der Waals surface area (Å²) in [5.41, 5.74) is 1.58. The lowest BCUT2D eigenvalue weighted by Gasteiger charge is -2.28. The van der Waals surface area contributed by atoms with E-state index in [2.05, 4.69) is 15.1 Å². The molecular weight excluding hydrogens is 371 g/mol. The minimum absolute atomic E-state index is 0.0871. The number of ether oxygens (including phenoxy) is 1. The van der Waals surface area contributed by atoms with E-state index in [1.165, 1.54) is 13.2 Å². The maximum Gasteiger partial charge on any atom is 0.416 e. The molecule has 1 saturated heterocycles. The minimum Gasteiger partial charge on any atom is -0.496 e. The predicted octanol–water partition coefficient (Wildman–Crippen LogP) is 3.54. The van der Waals surface area contributed by atoms with E-state index in [1.54, 1.807) is 0 Å². The minimum atomic E-state index is -4.45. The normalized spacial score (nSPS) is 18.4. The largest absolute Gasteiger partial charge is 0.496 e. The van der Waals surface area contributed by atoms with Crippen LogP contribution < -0.4 is 4.74 Å². The summed E-state index contributed by atoms with van der Waals surface area (Å²) in [6.45, 7) is 3.28. The number of rotatable bonds is 4. The lowest BCUT2D eigenvalue weighted by molar-refractivity contribution is -0.137. The number of hydrogen-bond donors (Lipinski definition) is 0. The third-order valence-corrected chi connectivity index (χ3v) is 5.00. The second-order valence-electron chi connectivity index (χ2n) is 7.16. The Balaban J connectivity index is 1.87. The van der Waals surface area contributed by atoms with Crippen LogP contribution in [-0.2, 0) is 17.4 Å². The molecule has 0 bridgehead atoms. The van der Waals surface area contributed by atoms with Crippen LogP contribution >= 0.6 is 0 Å². The number of Topliss-reactive ketones (excluding diaryl/α,β-unsaturated/α-hetero) is 1. The lowest BCUT2D eigenvalue weighted by atomic mass is 9.91. The molecule has 1 unspecified atom stereocenters. The molecule has 0 N–H and O–H groups in total. The van der Waals surface area contributed by atoms with Crippen LogP contribution in [0, 0.1) is 12.8 Å². The van der Waals surface area contributed by atoms with Gasteiger partial charge in [0.05, 0.1) is 24.1 Å². The summed E-state index contributed by atoms with van der Waals surface area (Å²) >= 11 is 0. The van der Waals surface area contributed by atoms with Gasteiger partial charge in [0.25, 0.3) is 0 Å². The molecule has 1 aliphatic heterocycles. The van der Waals surface area contributed by atoms with Crippen molar-refractivity contribution >= 4 is 5.78 Å². The van der Waals surface area contributed by atoms with E-state index in [1.807, 2.05) is 20.0 Å². The quantitative estimate of drug-likeness (QED) is 0.795. The molecule has 3 rings (SSSR count). The summed E-state index contributed by atoms with van der Waals surface area (Å²) in [5.74, 6) is 0.203. The highest BCUT2D eigenvalue weighted by molar-refractivity contribution is 5.82. The first-order valence-corrected chi connectivity index (χ1v) is 8.99. The summed E-state index contributed by atoms with van der Waals surface area (Å²) in [7, 11) is 3.30. The number of methoxy groups -OCH3 is 1. The van der Waals surface area contributed by atoms with Crippen LogP contribution in [-0.4, -0.2) is 48.1 Å². The van der Waals surface area contributed by atoms with Crippen LogP contribution in [0.4, 0.5) is 13.2 Å². The van der Waals surface area contributed by atoms with Crippen molar-refractivity contribution in [2.24, 2.45) is 5.92 Å². The zero-order chi connectivity index (χ0) is 20.5. The van der Waals surface area contributed by atoms with Gasteiger partial charge in [-0.1, -0.05) is 0 Å². The second kappa shape index (κ2) is 7.87. The maximum atomic E-state index is 12.9. The van der Waals surface area contributed by atoms with Crippen molar-refractivity contribution < 1.29 is 22.7 Å². The van der Waals surface area contributed by atoms with E-state index >= 15 is 0 Å². The van der Waals surface area contributed by atoms with Crippen molar-refractivity contribution in [3.8, 4) is 17.0 Å². The Hall–Kier alpha value is -2.48. The fourth-order valence-electron chi connectivity index (χ4n) is 3.47. The number of likely N-dealkylation sites (tertiary alicyclic amines) is 1. The monoisotopic (exact) mass is 393 g/mol. The van der Waals surface area contributed by atoms with Crippen LogP contribution in [0.1, 0.15) is 23.2 Å². The topological polar surface area (TPSA) is 55.3 Å². The third kappa shape index (κ3) is 4.32. The average molecular weight is 393 g/mol. The third-order valence-electron chi connectivity index (χ3n) is 5.00. The molecule has 1 atom stereocenters. The average Bonchev–Trinajstić information content (AvgIpc) is 2.64. The van der Waals surface area contributed by atoms with E-state index in [0.29, 0.717) is 36.3 Å². The molecule has 28 heavy (non-hydrogen) atoms. The van der Waals surface area contributed by atoms with Crippen molar-refractivity contribution in [2.45, 2.75) is 25.9 Å². The Kier molecular flexibility index (Phi) is 5.69. The lowest BCUT2D eigenvalue weighted by Crippen LogP contribution is -2.39. The highest BCUT2D eigenvalue weighted by atomic mass is 19.4. The number of benzene rings is 1.